The Morgan fingerprint density at radius 3 is 2.65 bits per heavy atom. The van der Waals surface area contributed by atoms with Gasteiger partial charge in [0.15, 0.2) is 0 Å². The van der Waals surface area contributed by atoms with E-state index in [0.29, 0.717) is 49.5 Å². The van der Waals surface area contributed by atoms with Gasteiger partial charge in [-0.3, -0.25) is 14.7 Å². The lowest BCUT2D eigenvalue weighted by molar-refractivity contribution is 0.0741. The highest BCUT2D eigenvalue weighted by Gasteiger charge is 2.27. The fraction of sp³-hybridized carbons (Fsp3) is 0.412. The molecule has 0 spiro atoms. The molecule has 9 heteroatoms. The number of rotatable bonds is 3. The molecule has 1 aliphatic heterocycles. The summed E-state index contributed by atoms with van der Waals surface area (Å²) in [5.41, 5.74) is 1.32. The number of nitrogens with one attached hydrogen (secondary N) is 2. The Labute approximate surface area is 148 Å². The number of hydrogen-bond acceptors (Lipinski definition) is 5. The van der Waals surface area contributed by atoms with E-state index in [1.54, 1.807) is 18.3 Å². The Morgan fingerprint density at radius 1 is 1.15 bits per heavy atom. The number of H-pyrrole nitrogens is 2. The highest BCUT2D eigenvalue weighted by Crippen LogP contribution is 2.38. The zero-order chi connectivity index (χ0) is 17.7. The number of amides is 1. The van der Waals surface area contributed by atoms with E-state index in [1.807, 2.05) is 15.9 Å². The predicted octanol–water partition coefficient (Wildman–Crippen LogP) is 0.585. The van der Waals surface area contributed by atoms with Crippen LogP contribution in [0.1, 0.15) is 34.9 Å². The van der Waals surface area contributed by atoms with E-state index in [0.717, 1.165) is 18.5 Å². The van der Waals surface area contributed by atoms with Gasteiger partial charge in [0.2, 0.25) is 5.95 Å². The fourth-order valence-corrected chi connectivity index (χ4v) is 3.37. The summed E-state index contributed by atoms with van der Waals surface area (Å²) < 4.78 is 1.39. The Hall–Kier alpha value is -3.10. The van der Waals surface area contributed by atoms with Gasteiger partial charge in [-0.2, -0.15) is 9.50 Å². The third-order valence-electron chi connectivity index (χ3n) is 5.03. The molecule has 0 atom stereocenters. The molecule has 1 saturated carbocycles. The molecule has 134 valence electrons. The second kappa shape index (κ2) is 5.72. The van der Waals surface area contributed by atoms with Gasteiger partial charge in [-0.1, -0.05) is 0 Å². The van der Waals surface area contributed by atoms with E-state index in [1.165, 1.54) is 4.52 Å². The lowest BCUT2D eigenvalue weighted by Gasteiger charge is -2.34. The molecule has 2 fully saturated rings. The average Bonchev–Trinajstić information content (AvgIpc) is 3.19. The number of carbonyl (C=O) groups is 1. The summed E-state index contributed by atoms with van der Waals surface area (Å²) in [5, 5.41) is 3.04. The van der Waals surface area contributed by atoms with Gasteiger partial charge in [0.05, 0.1) is 5.69 Å². The minimum atomic E-state index is -0.129. The number of carbonyl (C=O) groups excluding carboxylic acids is 1. The summed E-state index contributed by atoms with van der Waals surface area (Å²) in [4.78, 5) is 40.5. The molecule has 0 bridgehead atoms. The molecule has 2 N–H and O–H groups in total. The molecule has 1 saturated heterocycles. The molecule has 0 aromatic carbocycles. The van der Waals surface area contributed by atoms with E-state index < -0.39 is 0 Å². The van der Waals surface area contributed by atoms with Crippen LogP contribution in [-0.4, -0.2) is 61.6 Å². The minimum Gasteiger partial charge on any atom is -0.357 e. The van der Waals surface area contributed by atoms with Gasteiger partial charge >= 0.3 is 0 Å². The number of anilines is 1. The Bertz CT molecular complexity index is 1010. The normalized spacial score (nSPS) is 17.8. The molecular weight excluding hydrogens is 334 g/mol. The van der Waals surface area contributed by atoms with E-state index in [9.17, 15) is 9.59 Å². The molecule has 26 heavy (non-hydrogen) atoms. The number of nitrogens with zero attached hydrogens (tertiary/aromatic N) is 5. The van der Waals surface area contributed by atoms with Crippen molar-refractivity contribution in [1.29, 1.82) is 0 Å². The number of piperazine rings is 1. The summed E-state index contributed by atoms with van der Waals surface area (Å²) in [6.07, 6.45) is 3.94. The molecular formula is C17H19N7O2. The van der Waals surface area contributed by atoms with Crippen LogP contribution in [0, 0.1) is 0 Å². The summed E-state index contributed by atoms with van der Waals surface area (Å²) in [5.74, 6) is 1.45. The number of aromatic nitrogens is 5. The first-order chi connectivity index (χ1) is 12.7. The number of hydrogen-bond donors (Lipinski definition) is 2. The zero-order valence-corrected chi connectivity index (χ0v) is 14.2. The Morgan fingerprint density at radius 2 is 1.96 bits per heavy atom. The molecule has 1 amide bonds. The maximum atomic E-state index is 12.4. The highest BCUT2D eigenvalue weighted by atomic mass is 16.2. The third-order valence-corrected chi connectivity index (χ3v) is 5.03. The first-order valence-corrected chi connectivity index (χ1v) is 8.86. The standard InChI is InChI=1S/C17H19N7O2/c25-14-10-13(11-3-4-11)19-16-20-17(21-24(14)16)23-8-6-22(7-9-23)15(26)12-2-1-5-18-12/h1-2,5,10-11,18H,3-4,6-9H2,(H,19,20,21). The first-order valence-electron chi connectivity index (χ1n) is 8.86. The van der Waals surface area contributed by atoms with Gasteiger partial charge < -0.3 is 14.8 Å². The number of aromatic amines is 2. The summed E-state index contributed by atoms with van der Waals surface area (Å²) in [6.45, 7) is 2.50. The molecule has 4 heterocycles. The van der Waals surface area contributed by atoms with Crippen molar-refractivity contribution in [2.75, 3.05) is 31.1 Å². The highest BCUT2D eigenvalue weighted by molar-refractivity contribution is 5.92. The molecule has 2 aliphatic rings. The maximum absolute atomic E-state index is 12.4. The van der Waals surface area contributed by atoms with E-state index in [4.69, 9.17) is 0 Å². The number of fused-ring (bicyclic) bond motifs is 1. The van der Waals surface area contributed by atoms with Crippen molar-refractivity contribution in [3.8, 4) is 0 Å². The van der Waals surface area contributed by atoms with E-state index in [-0.39, 0.29) is 11.5 Å². The smallest absolute Gasteiger partial charge is 0.274 e. The lowest BCUT2D eigenvalue weighted by Crippen LogP contribution is -2.49. The molecule has 0 unspecified atom stereocenters. The van der Waals surface area contributed by atoms with Gasteiger partial charge in [0, 0.05) is 44.4 Å². The van der Waals surface area contributed by atoms with Crippen LogP contribution in [-0.2, 0) is 0 Å². The Balaban J connectivity index is 1.34. The average molecular weight is 353 g/mol. The van der Waals surface area contributed by atoms with Crippen LogP contribution >= 0.6 is 0 Å². The molecule has 0 radical (unpaired) electrons. The van der Waals surface area contributed by atoms with Crippen LogP contribution in [0.5, 0.6) is 0 Å². The van der Waals surface area contributed by atoms with Crippen molar-refractivity contribution in [3.63, 3.8) is 0 Å². The van der Waals surface area contributed by atoms with E-state index >= 15 is 0 Å². The van der Waals surface area contributed by atoms with Crippen molar-refractivity contribution in [1.82, 2.24) is 29.5 Å². The van der Waals surface area contributed by atoms with Crippen LogP contribution in [0.15, 0.2) is 29.2 Å². The van der Waals surface area contributed by atoms with Crippen LogP contribution in [0.25, 0.3) is 5.78 Å². The van der Waals surface area contributed by atoms with E-state index in [2.05, 4.69) is 20.1 Å². The largest absolute Gasteiger partial charge is 0.357 e. The molecule has 9 nitrogen and oxygen atoms in total. The van der Waals surface area contributed by atoms with Crippen molar-refractivity contribution >= 4 is 17.6 Å². The maximum Gasteiger partial charge on any atom is 0.274 e. The molecule has 3 aromatic rings. The van der Waals surface area contributed by atoms with Crippen LogP contribution in [0.2, 0.25) is 0 Å². The van der Waals surface area contributed by atoms with Gasteiger partial charge in [-0.05, 0) is 25.0 Å². The lowest BCUT2D eigenvalue weighted by atomic mass is 10.3. The van der Waals surface area contributed by atoms with Crippen LogP contribution < -0.4 is 10.5 Å². The van der Waals surface area contributed by atoms with Crippen molar-refractivity contribution < 1.29 is 4.79 Å². The topological polar surface area (TPSA) is 102 Å². The van der Waals surface area contributed by atoms with Gasteiger partial charge in [-0.25, -0.2) is 4.98 Å². The third kappa shape index (κ3) is 2.56. The van der Waals surface area contributed by atoms with Gasteiger partial charge in [0.25, 0.3) is 17.2 Å². The minimum absolute atomic E-state index is 0.00576. The van der Waals surface area contributed by atoms with Gasteiger partial charge in [-0.15, -0.1) is 0 Å². The second-order valence-corrected chi connectivity index (χ2v) is 6.84. The first kappa shape index (κ1) is 15.2. The Kier molecular flexibility index (Phi) is 3.34. The summed E-state index contributed by atoms with van der Waals surface area (Å²) >= 11 is 0. The van der Waals surface area contributed by atoms with Crippen molar-refractivity contribution in [2.45, 2.75) is 18.8 Å². The monoisotopic (exact) mass is 353 g/mol. The summed E-state index contributed by atoms with van der Waals surface area (Å²) in [7, 11) is 0. The fourth-order valence-electron chi connectivity index (χ4n) is 3.37. The van der Waals surface area contributed by atoms with Crippen LogP contribution in [0.4, 0.5) is 5.95 Å². The molecule has 1 aliphatic carbocycles. The van der Waals surface area contributed by atoms with Crippen molar-refractivity contribution in [3.05, 3.63) is 46.1 Å². The predicted molar refractivity (Wildman–Crippen MR) is 94.5 cm³/mol. The van der Waals surface area contributed by atoms with Crippen LogP contribution in [0.3, 0.4) is 0 Å². The molecule has 5 rings (SSSR count). The van der Waals surface area contributed by atoms with Crippen molar-refractivity contribution in [2.24, 2.45) is 0 Å². The SMILES string of the molecule is O=C(c1ccc[nH]1)N1CCN(c2nc3nc(C4CC4)cc(=O)n3[nH]2)CC1. The van der Waals surface area contributed by atoms with Gasteiger partial charge in [0.1, 0.15) is 5.69 Å². The zero-order valence-electron chi connectivity index (χ0n) is 14.2. The second-order valence-electron chi connectivity index (χ2n) is 6.84. The summed E-state index contributed by atoms with van der Waals surface area (Å²) in [6, 6.07) is 5.20. The quantitative estimate of drug-likeness (QED) is 0.717. The molecule has 3 aromatic heterocycles.